The molecule has 17 heavy (non-hydrogen) atoms. The van der Waals surface area contributed by atoms with Gasteiger partial charge in [-0.2, -0.15) is 0 Å². The molecule has 2 atom stereocenters. The normalized spacial score (nSPS) is 22.8. The van der Waals surface area contributed by atoms with Crippen LogP contribution >= 0.6 is 0 Å². The summed E-state index contributed by atoms with van der Waals surface area (Å²) in [5.74, 6) is 0.553. The van der Waals surface area contributed by atoms with Crippen LogP contribution in [0.2, 0.25) is 0 Å². The number of ether oxygens (including phenoxy) is 1. The zero-order chi connectivity index (χ0) is 12.7. The molecule has 0 bridgehead atoms. The standard InChI is InChI=1S/C11H24N2O3S/c1-10(8-12)4-2-6-13-17(14,15)9-11-5-3-7-16-11/h10-11,13H,2-9,12H2,1H3. The predicted molar refractivity (Wildman–Crippen MR) is 68.2 cm³/mol. The number of sulfonamides is 1. The number of hydrogen-bond donors (Lipinski definition) is 2. The van der Waals surface area contributed by atoms with Crippen LogP contribution in [0.25, 0.3) is 0 Å². The summed E-state index contributed by atoms with van der Waals surface area (Å²) >= 11 is 0. The second kappa shape index (κ2) is 7.31. The number of hydrogen-bond acceptors (Lipinski definition) is 4. The Kier molecular flexibility index (Phi) is 6.40. The average molecular weight is 264 g/mol. The zero-order valence-corrected chi connectivity index (χ0v) is 11.3. The van der Waals surface area contributed by atoms with E-state index in [1.807, 2.05) is 0 Å². The van der Waals surface area contributed by atoms with Crippen LogP contribution in [0.1, 0.15) is 32.6 Å². The van der Waals surface area contributed by atoms with Crippen molar-refractivity contribution in [2.24, 2.45) is 11.7 Å². The van der Waals surface area contributed by atoms with E-state index < -0.39 is 10.0 Å². The molecule has 0 aliphatic carbocycles. The fourth-order valence-corrected chi connectivity index (χ4v) is 3.20. The molecule has 102 valence electrons. The van der Waals surface area contributed by atoms with Crippen molar-refractivity contribution in [1.29, 1.82) is 0 Å². The number of rotatable bonds is 8. The molecule has 1 saturated heterocycles. The summed E-state index contributed by atoms with van der Waals surface area (Å²) in [5.41, 5.74) is 5.49. The van der Waals surface area contributed by atoms with Crippen LogP contribution in [0.3, 0.4) is 0 Å². The van der Waals surface area contributed by atoms with Gasteiger partial charge in [-0.05, 0) is 38.1 Å². The highest BCUT2D eigenvalue weighted by Crippen LogP contribution is 2.13. The molecule has 0 aromatic heterocycles. The topological polar surface area (TPSA) is 81.4 Å². The van der Waals surface area contributed by atoms with Gasteiger partial charge in [0.2, 0.25) is 10.0 Å². The molecule has 6 heteroatoms. The van der Waals surface area contributed by atoms with Gasteiger partial charge in [-0.1, -0.05) is 6.92 Å². The third-order valence-electron chi connectivity index (χ3n) is 3.03. The lowest BCUT2D eigenvalue weighted by Crippen LogP contribution is -2.32. The van der Waals surface area contributed by atoms with E-state index in [1.54, 1.807) is 0 Å². The minimum Gasteiger partial charge on any atom is -0.377 e. The Morgan fingerprint density at radius 3 is 2.88 bits per heavy atom. The summed E-state index contributed by atoms with van der Waals surface area (Å²) in [6, 6.07) is 0. The first-order chi connectivity index (χ1) is 8.03. The van der Waals surface area contributed by atoms with Crippen molar-refractivity contribution in [2.75, 3.05) is 25.4 Å². The highest BCUT2D eigenvalue weighted by atomic mass is 32.2. The molecule has 3 N–H and O–H groups in total. The minimum absolute atomic E-state index is 0.0967. The van der Waals surface area contributed by atoms with Crippen LogP contribution in [0.15, 0.2) is 0 Å². The molecule has 0 amide bonds. The average Bonchev–Trinajstić information content (AvgIpc) is 2.76. The van der Waals surface area contributed by atoms with E-state index in [0.29, 0.717) is 25.6 Å². The van der Waals surface area contributed by atoms with Crippen molar-refractivity contribution in [3.63, 3.8) is 0 Å². The smallest absolute Gasteiger partial charge is 0.214 e. The molecule has 0 aromatic rings. The Bertz CT molecular complexity index is 300. The fourth-order valence-electron chi connectivity index (χ4n) is 1.88. The summed E-state index contributed by atoms with van der Waals surface area (Å²) in [7, 11) is -3.18. The highest BCUT2D eigenvalue weighted by Gasteiger charge is 2.22. The van der Waals surface area contributed by atoms with Gasteiger partial charge in [-0.15, -0.1) is 0 Å². The molecule has 0 saturated carbocycles. The fraction of sp³-hybridized carbons (Fsp3) is 1.00. The monoisotopic (exact) mass is 264 g/mol. The van der Waals surface area contributed by atoms with Crippen LogP contribution in [0, 0.1) is 5.92 Å². The zero-order valence-electron chi connectivity index (χ0n) is 10.5. The van der Waals surface area contributed by atoms with Gasteiger partial charge in [0.1, 0.15) is 0 Å². The van der Waals surface area contributed by atoms with Crippen molar-refractivity contribution >= 4 is 10.0 Å². The van der Waals surface area contributed by atoms with E-state index in [2.05, 4.69) is 11.6 Å². The van der Waals surface area contributed by atoms with Crippen molar-refractivity contribution in [2.45, 2.75) is 38.7 Å². The van der Waals surface area contributed by atoms with Crippen LogP contribution in [-0.2, 0) is 14.8 Å². The summed E-state index contributed by atoms with van der Waals surface area (Å²) in [6.07, 6.45) is 3.50. The molecule has 2 unspecified atom stereocenters. The molecule has 1 fully saturated rings. The van der Waals surface area contributed by atoms with Gasteiger partial charge >= 0.3 is 0 Å². The summed E-state index contributed by atoms with van der Waals surface area (Å²) in [4.78, 5) is 0. The van der Waals surface area contributed by atoms with Crippen molar-refractivity contribution < 1.29 is 13.2 Å². The SMILES string of the molecule is CC(CN)CCCNS(=O)(=O)CC1CCCO1. The lowest BCUT2D eigenvalue weighted by molar-refractivity contribution is 0.127. The van der Waals surface area contributed by atoms with Crippen LogP contribution < -0.4 is 10.5 Å². The van der Waals surface area contributed by atoms with E-state index in [0.717, 1.165) is 25.7 Å². The molecular weight excluding hydrogens is 240 g/mol. The molecule has 1 aliphatic rings. The Labute approximate surface area is 104 Å². The first-order valence-corrected chi connectivity index (χ1v) is 7.97. The highest BCUT2D eigenvalue weighted by molar-refractivity contribution is 7.89. The van der Waals surface area contributed by atoms with Crippen LogP contribution in [0.5, 0.6) is 0 Å². The van der Waals surface area contributed by atoms with E-state index in [4.69, 9.17) is 10.5 Å². The molecule has 5 nitrogen and oxygen atoms in total. The lowest BCUT2D eigenvalue weighted by atomic mass is 10.1. The maximum atomic E-state index is 11.7. The molecule has 0 aromatic carbocycles. The summed E-state index contributed by atoms with van der Waals surface area (Å²) < 4.78 is 31.3. The molecule has 1 aliphatic heterocycles. The molecule has 0 radical (unpaired) electrons. The lowest BCUT2D eigenvalue weighted by Gasteiger charge is -2.12. The first-order valence-electron chi connectivity index (χ1n) is 6.32. The van der Waals surface area contributed by atoms with Gasteiger partial charge in [0.15, 0.2) is 0 Å². The first kappa shape index (κ1) is 14.9. The van der Waals surface area contributed by atoms with Crippen molar-refractivity contribution in [1.82, 2.24) is 4.72 Å². The van der Waals surface area contributed by atoms with Crippen molar-refractivity contribution in [3.05, 3.63) is 0 Å². The van der Waals surface area contributed by atoms with Gasteiger partial charge in [0.25, 0.3) is 0 Å². The molecule has 1 rings (SSSR count). The maximum absolute atomic E-state index is 11.7. The third-order valence-corrected chi connectivity index (χ3v) is 4.48. The minimum atomic E-state index is -3.18. The molecule has 1 heterocycles. The summed E-state index contributed by atoms with van der Waals surface area (Å²) in [5, 5.41) is 0. The second-order valence-corrected chi connectivity index (χ2v) is 6.65. The van der Waals surface area contributed by atoms with E-state index in [1.165, 1.54) is 0 Å². The Hall–Kier alpha value is -0.170. The van der Waals surface area contributed by atoms with Crippen LogP contribution in [-0.4, -0.2) is 40.0 Å². The van der Waals surface area contributed by atoms with Gasteiger partial charge < -0.3 is 10.5 Å². The van der Waals surface area contributed by atoms with Crippen LogP contribution in [0.4, 0.5) is 0 Å². The molecule has 0 spiro atoms. The third kappa shape index (κ3) is 6.35. The Morgan fingerprint density at radius 1 is 1.53 bits per heavy atom. The quantitative estimate of drug-likeness (QED) is 0.624. The largest absolute Gasteiger partial charge is 0.377 e. The Balaban J connectivity index is 2.15. The van der Waals surface area contributed by atoms with E-state index >= 15 is 0 Å². The summed E-state index contributed by atoms with van der Waals surface area (Å²) in [6.45, 7) is 3.91. The van der Waals surface area contributed by atoms with E-state index in [-0.39, 0.29) is 11.9 Å². The molecular formula is C11H24N2O3S. The van der Waals surface area contributed by atoms with Crippen molar-refractivity contribution in [3.8, 4) is 0 Å². The number of nitrogens with one attached hydrogen (secondary N) is 1. The van der Waals surface area contributed by atoms with Gasteiger partial charge in [-0.3, -0.25) is 0 Å². The predicted octanol–water partition coefficient (Wildman–Crippen LogP) is 0.460. The Morgan fingerprint density at radius 2 is 2.29 bits per heavy atom. The number of nitrogens with two attached hydrogens (primary N) is 1. The van der Waals surface area contributed by atoms with E-state index in [9.17, 15) is 8.42 Å². The van der Waals surface area contributed by atoms with Gasteiger partial charge in [-0.25, -0.2) is 13.1 Å². The van der Waals surface area contributed by atoms with Gasteiger partial charge in [0, 0.05) is 13.2 Å². The second-order valence-electron chi connectivity index (χ2n) is 4.79. The maximum Gasteiger partial charge on any atom is 0.214 e. The van der Waals surface area contributed by atoms with Gasteiger partial charge in [0.05, 0.1) is 11.9 Å².